The molecule has 0 radical (unpaired) electrons. The zero-order valence-corrected chi connectivity index (χ0v) is 10.8. The number of rotatable bonds is 4. The van der Waals surface area contributed by atoms with Crippen molar-refractivity contribution in [1.82, 2.24) is 5.32 Å². The van der Waals surface area contributed by atoms with E-state index >= 15 is 0 Å². The Morgan fingerprint density at radius 1 is 1.33 bits per heavy atom. The summed E-state index contributed by atoms with van der Waals surface area (Å²) in [5.74, 6) is -6.67. The first-order valence-corrected chi connectivity index (χ1v) is 5.77. The summed E-state index contributed by atoms with van der Waals surface area (Å²) in [4.78, 5) is 11.0. The number of hydrogen-bond donors (Lipinski definition) is 1. The first kappa shape index (κ1) is 14.9. The summed E-state index contributed by atoms with van der Waals surface area (Å²) in [6.07, 6.45) is -4.02. The topological polar surface area (TPSA) is 29.1 Å². The van der Waals surface area contributed by atoms with Gasteiger partial charge in [-0.2, -0.15) is 8.78 Å². The highest BCUT2D eigenvalue weighted by Gasteiger charge is 2.49. The van der Waals surface area contributed by atoms with Gasteiger partial charge in [-0.3, -0.25) is 4.79 Å². The SMILES string of the molecule is C[C@H](NC(=O)C(F)(F)C(F)F)c1ccccc1Br. The van der Waals surface area contributed by atoms with Gasteiger partial charge in [-0.25, -0.2) is 8.78 Å². The molecule has 0 saturated carbocycles. The molecule has 0 aliphatic rings. The van der Waals surface area contributed by atoms with Crippen molar-refractivity contribution in [3.8, 4) is 0 Å². The zero-order valence-electron chi connectivity index (χ0n) is 9.26. The molecule has 0 fully saturated rings. The van der Waals surface area contributed by atoms with Crippen molar-refractivity contribution < 1.29 is 22.4 Å². The van der Waals surface area contributed by atoms with E-state index in [1.165, 1.54) is 6.92 Å². The van der Waals surface area contributed by atoms with E-state index in [0.29, 0.717) is 10.0 Å². The molecule has 0 spiro atoms. The van der Waals surface area contributed by atoms with Crippen molar-refractivity contribution in [3.05, 3.63) is 34.3 Å². The van der Waals surface area contributed by atoms with Crippen molar-refractivity contribution in [3.63, 3.8) is 0 Å². The molecule has 0 heterocycles. The fourth-order valence-corrected chi connectivity index (χ4v) is 1.92. The second-order valence-electron chi connectivity index (χ2n) is 3.64. The molecule has 0 unspecified atom stereocenters. The van der Waals surface area contributed by atoms with Gasteiger partial charge in [-0.05, 0) is 18.6 Å². The molecule has 1 aromatic rings. The number of hydrogen-bond acceptors (Lipinski definition) is 1. The van der Waals surface area contributed by atoms with Crippen LogP contribution in [0.25, 0.3) is 0 Å². The van der Waals surface area contributed by atoms with Crippen molar-refractivity contribution in [1.29, 1.82) is 0 Å². The van der Waals surface area contributed by atoms with Gasteiger partial charge in [-0.15, -0.1) is 0 Å². The van der Waals surface area contributed by atoms with Crippen LogP contribution in [0.1, 0.15) is 18.5 Å². The highest BCUT2D eigenvalue weighted by molar-refractivity contribution is 9.10. The van der Waals surface area contributed by atoms with Gasteiger partial charge in [0.2, 0.25) is 0 Å². The second kappa shape index (κ2) is 5.69. The highest BCUT2D eigenvalue weighted by Crippen LogP contribution is 2.26. The van der Waals surface area contributed by atoms with Gasteiger partial charge in [-0.1, -0.05) is 34.1 Å². The third-order valence-electron chi connectivity index (χ3n) is 2.30. The molecule has 1 amide bonds. The van der Waals surface area contributed by atoms with Crippen molar-refractivity contribution in [2.24, 2.45) is 0 Å². The fourth-order valence-electron chi connectivity index (χ4n) is 1.30. The molecule has 0 saturated heterocycles. The average molecular weight is 328 g/mol. The monoisotopic (exact) mass is 327 g/mol. The third kappa shape index (κ3) is 3.22. The standard InChI is InChI=1S/C11H10BrF4NO/c1-6(7-4-2-3-5-8(7)12)17-10(18)11(15,16)9(13)14/h2-6,9H,1H3,(H,17,18)/t6-/m0/s1. The maximum absolute atomic E-state index is 12.7. The number of halogens is 5. The molecule has 0 aliphatic heterocycles. The number of nitrogens with one attached hydrogen (secondary N) is 1. The minimum absolute atomic E-state index is 0.524. The predicted molar refractivity (Wildman–Crippen MR) is 61.7 cm³/mol. The van der Waals surface area contributed by atoms with E-state index in [2.05, 4.69) is 15.9 Å². The number of carbonyl (C=O) groups is 1. The Kier molecular flexibility index (Phi) is 4.72. The molecule has 1 rings (SSSR count). The molecule has 18 heavy (non-hydrogen) atoms. The average Bonchev–Trinajstić information content (AvgIpc) is 2.28. The molecular formula is C11H10BrF4NO. The van der Waals surface area contributed by atoms with Crippen molar-refractivity contribution in [2.45, 2.75) is 25.3 Å². The zero-order chi connectivity index (χ0) is 13.9. The quantitative estimate of drug-likeness (QED) is 0.842. The normalized spacial score (nSPS) is 13.5. The molecule has 7 heteroatoms. The van der Waals surface area contributed by atoms with Crippen LogP contribution in [-0.2, 0) is 4.79 Å². The lowest BCUT2D eigenvalue weighted by Crippen LogP contribution is -2.46. The molecule has 0 aliphatic carbocycles. The summed E-state index contributed by atoms with van der Waals surface area (Å²) >= 11 is 3.18. The van der Waals surface area contributed by atoms with Crippen LogP contribution in [0, 0.1) is 0 Å². The minimum Gasteiger partial charge on any atom is -0.344 e. The van der Waals surface area contributed by atoms with E-state index in [0.717, 1.165) is 0 Å². The van der Waals surface area contributed by atoms with E-state index in [-0.39, 0.29) is 0 Å². The molecule has 0 aromatic heterocycles. The Hall–Kier alpha value is -1.11. The smallest absolute Gasteiger partial charge is 0.344 e. The molecule has 0 bridgehead atoms. The van der Waals surface area contributed by atoms with Crippen molar-refractivity contribution >= 4 is 21.8 Å². The maximum Gasteiger partial charge on any atom is 0.383 e. The number of amides is 1. The van der Waals surface area contributed by atoms with Gasteiger partial charge < -0.3 is 5.32 Å². The van der Waals surface area contributed by atoms with Crippen LogP contribution in [0.5, 0.6) is 0 Å². The van der Waals surface area contributed by atoms with E-state index < -0.39 is 24.3 Å². The molecular weight excluding hydrogens is 318 g/mol. The van der Waals surface area contributed by atoms with Gasteiger partial charge in [0, 0.05) is 4.47 Å². The van der Waals surface area contributed by atoms with Crippen LogP contribution < -0.4 is 5.32 Å². The molecule has 1 atom stereocenters. The van der Waals surface area contributed by atoms with Crippen LogP contribution in [0.15, 0.2) is 28.7 Å². The Labute approximate surface area is 109 Å². The lowest BCUT2D eigenvalue weighted by molar-refractivity contribution is -0.170. The first-order valence-electron chi connectivity index (χ1n) is 4.98. The van der Waals surface area contributed by atoms with E-state index in [4.69, 9.17) is 0 Å². The van der Waals surface area contributed by atoms with Gasteiger partial charge >= 0.3 is 12.3 Å². The molecule has 2 nitrogen and oxygen atoms in total. The van der Waals surface area contributed by atoms with Gasteiger partial charge in [0.05, 0.1) is 6.04 Å². The van der Waals surface area contributed by atoms with E-state index in [9.17, 15) is 22.4 Å². The van der Waals surface area contributed by atoms with E-state index in [1.807, 2.05) is 5.32 Å². The predicted octanol–water partition coefficient (Wildman–Crippen LogP) is 3.53. The Bertz CT molecular complexity index is 439. The lowest BCUT2D eigenvalue weighted by Gasteiger charge is -2.20. The summed E-state index contributed by atoms with van der Waals surface area (Å²) in [6, 6.07) is 5.79. The van der Waals surface area contributed by atoms with Crippen LogP contribution in [-0.4, -0.2) is 18.3 Å². The van der Waals surface area contributed by atoms with Crippen LogP contribution >= 0.6 is 15.9 Å². The summed E-state index contributed by atoms with van der Waals surface area (Å²) in [5.41, 5.74) is 0.524. The Balaban J connectivity index is 2.81. The van der Waals surface area contributed by atoms with Gasteiger partial charge in [0.25, 0.3) is 5.91 Å². The summed E-state index contributed by atoms with van der Waals surface area (Å²) in [7, 11) is 0. The highest BCUT2D eigenvalue weighted by atomic mass is 79.9. The van der Waals surface area contributed by atoms with Crippen molar-refractivity contribution in [2.75, 3.05) is 0 Å². The van der Waals surface area contributed by atoms with Gasteiger partial charge in [0.1, 0.15) is 0 Å². The van der Waals surface area contributed by atoms with Gasteiger partial charge in [0.15, 0.2) is 0 Å². The second-order valence-corrected chi connectivity index (χ2v) is 4.49. The Morgan fingerprint density at radius 2 is 1.89 bits per heavy atom. The van der Waals surface area contributed by atoms with Crippen LogP contribution in [0.4, 0.5) is 17.6 Å². The number of benzene rings is 1. The number of alkyl halides is 4. The van der Waals surface area contributed by atoms with Crippen LogP contribution in [0.2, 0.25) is 0 Å². The maximum atomic E-state index is 12.7. The van der Waals surface area contributed by atoms with E-state index in [1.54, 1.807) is 24.3 Å². The Morgan fingerprint density at radius 3 is 2.39 bits per heavy atom. The van der Waals surface area contributed by atoms with Crippen LogP contribution in [0.3, 0.4) is 0 Å². The summed E-state index contributed by atoms with van der Waals surface area (Å²) < 4.78 is 50.0. The third-order valence-corrected chi connectivity index (χ3v) is 3.02. The fraction of sp³-hybridized carbons (Fsp3) is 0.364. The summed E-state index contributed by atoms with van der Waals surface area (Å²) in [5, 5.41) is 1.86. The largest absolute Gasteiger partial charge is 0.383 e. The molecule has 1 N–H and O–H groups in total. The first-order chi connectivity index (χ1) is 8.26. The number of carbonyl (C=O) groups excluding carboxylic acids is 1. The minimum atomic E-state index is -4.69. The molecule has 1 aromatic carbocycles. The molecule has 100 valence electrons. The summed E-state index contributed by atoms with van der Waals surface area (Å²) in [6.45, 7) is 1.43. The lowest BCUT2D eigenvalue weighted by atomic mass is 10.1.